The molecule has 1 aliphatic heterocycles. The van der Waals surface area contributed by atoms with Crippen LogP contribution in [-0.4, -0.2) is 36.6 Å². The van der Waals surface area contributed by atoms with E-state index in [1.165, 1.54) is 6.42 Å². The van der Waals surface area contributed by atoms with Crippen LogP contribution in [0.5, 0.6) is 0 Å². The number of benzene rings is 1. The summed E-state index contributed by atoms with van der Waals surface area (Å²) in [5.74, 6) is 0.659. The van der Waals surface area contributed by atoms with Crippen LogP contribution in [0.1, 0.15) is 25.7 Å². The molecule has 3 rings (SSSR count). The molecule has 0 bridgehead atoms. The Bertz CT molecular complexity index is 806. The number of pyridine rings is 1. The van der Waals surface area contributed by atoms with Gasteiger partial charge in [0.05, 0.1) is 5.69 Å². The highest BCUT2D eigenvalue weighted by atomic mass is 79.9. The number of nitrogens with zero attached hydrogens (tertiary/aromatic N) is 2. The van der Waals surface area contributed by atoms with Crippen molar-refractivity contribution >= 4 is 45.1 Å². The van der Waals surface area contributed by atoms with Crippen LogP contribution < -0.4 is 20.9 Å². The number of hydrogen-bond acceptors (Lipinski definition) is 4. The zero-order valence-electron chi connectivity index (χ0n) is 15.6. The molecule has 0 spiro atoms. The number of piperidine rings is 1. The first kappa shape index (κ1) is 20.1. The lowest BCUT2D eigenvalue weighted by Gasteiger charge is -2.29. The normalized spacial score (nSPS) is 13.7. The van der Waals surface area contributed by atoms with Crippen molar-refractivity contribution in [2.75, 3.05) is 35.2 Å². The number of aromatic nitrogens is 1. The number of hydrogen-bond donors (Lipinski definition) is 3. The van der Waals surface area contributed by atoms with Crippen molar-refractivity contribution in [3.63, 3.8) is 0 Å². The highest BCUT2D eigenvalue weighted by Crippen LogP contribution is 2.25. The van der Waals surface area contributed by atoms with Gasteiger partial charge in [-0.2, -0.15) is 0 Å². The van der Waals surface area contributed by atoms with Gasteiger partial charge in [0.2, 0.25) is 5.91 Å². The Morgan fingerprint density at radius 1 is 1.04 bits per heavy atom. The van der Waals surface area contributed by atoms with Crippen molar-refractivity contribution in [1.29, 1.82) is 0 Å². The Kier molecular flexibility index (Phi) is 7.25. The van der Waals surface area contributed by atoms with E-state index in [0.29, 0.717) is 11.4 Å². The maximum atomic E-state index is 12.3. The average Bonchev–Trinajstić information content (AvgIpc) is 2.71. The molecule has 8 heteroatoms. The van der Waals surface area contributed by atoms with Crippen molar-refractivity contribution in [3.05, 3.63) is 47.1 Å². The molecule has 3 amide bonds. The molecule has 1 aliphatic rings. The highest BCUT2D eigenvalue weighted by Gasteiger charge is 2.16. The minimum atomic E-state index is -0.342. The van der Waals surface area contributed by atoms with E-state index in [0.717, 1.165) is 36.2 Å². The molecule has 2 heterocycles. The SMILES string of the molecule is O=C(CCNC(=O)Nc1ccc(Br)cc1)Nc1cccnc1N1CCCCC1. The lowest BCUT2D eigenvalue weighted by atomic mass is 10.1. The van der Waals surface area contributed by atoms with Crippen LogP contribution in [-0.2, 0) is 4.79 Å². The average molecular weight is 446 g/mol. The Balaban J connectivity index is 1.45. The minimum absolute atomic E-state index is 0.157. The first-order valence-electron chi connectivity index (χ1n) is 9.42. The second kappa shape index (κ2) is 10.1. The van der Waals surface area contributed by atoms with Gasteiger partial charge in [0.1, 0.15) is 0 Å². The van der Waals surface area contributed by atoms with Gasteiger partial charge in [-0.15, -0.1) is 0 Å². The summed E-state index contributed by atoms with van der Waals surface area (Å²) in [6, 6.07) is 10.6. The summed E-state index contributed by atoms with van der Waals surface area (Å²) in [7, 11) is 0. The van der Waals surface area contributed by atoms with Crippen LogP contribution in [0.25, 0.3) is 0 Å². The first-order chi connectivity index (χ1) is 13.6. The standard InChI is InChI=1S/C20H24BrN5O2/c21-15-6-8-16(9-7-15)24-20(28)23-12-10-18(27)25-17-5-4-11-22-19(17)26-13-2-1-3-14-26/h4-9,11H,1-3,10,12-14H2,(H,25,27)(H2,23,24,28). The number of carbonyl (C=O) groups is 2. The van der Waals surface area contributed by atoms with E-state index in [1.807, 2.05) is 24.3 Å². The van der Waals surface area contributed by atoms with Crippen LogP contribution in [0.3, 0.4) is 0 Å². The Hall–Kier alpha value is -2.61. The number of halogens is 1. The maximum Gasteiger partial charge on any atom is 0.319 e. The predicted molar refractivity (Wildman–Crippen MR) is 115 cm³/mol. The molecule has 148 valence electrons. The molecule has 0 atom stereocenters. The fourth-order valence-corrected chi connectivity index (χ4v) is 3.33. The summed E-state index contributed by atoms with van der Waals surface area (Å²) in [5.41, 5.74) is 1.40. The van der Waals surface area contributed by atoms with E-state index in [1.54, 1.807) is 18.3 Å². The lowest BCUT2D eigenvalue weighted by Crippen LogP contribution is -2.32. The molecular formula is C20H24BrN5O2. The van der Waals surface area contributed by atoms with Gasteiger partial charge in [-0.05, 0) is 55.7 Å². The van der Waals surface area contributed by atoms with E-state index >= 15 is 0 Å². The molecule has 28 heavy (non-hydrogen) atoms. The van der Waals surface area contributed by atoms with E-state index < -0.39 is 0 Å². The van der Waals surface area contributed by atoms with Crippen molar-refractivity contribution in [3.8, 4) is 0 Å². The van der Waals surface area contributed by atoms with Crippen molar-refractivity contribution in [2.45, 2.75) is 25.7 Å². The van der Waals surface area contributed by atoms with Gasteiger partial charge in [-0.25, -0.2) is 9.78 Å². The summed E-state index contributed by atoms with van der Waals surface area (Å²) in [6.07, 6.45) is 5.44. The van der Waals surface area contributed by atoms with Gasteiger partial charge >= 0.3 is 6.03 Å². The molecular weight excluding hydrogens is 422 g/mol. The summed E-state index contributed by atoms with van der Waals surface area (Å²) >= 11 is 3.35. The Labute approximate surface area is 173 Å². The molecule has 1 fully saturated rings. The number of anilines is 3. The van der Waals surface area contributed by atoms with Gasteiger partial charge in [0.25, 0.3) is 0 Å². The third kappa shape index (κ3) is 5.95. The summed E-state index contributed by atoms with van der Waals surface area (Å²) in [6.45, 7) is 2.16. The Morgan fingerprint density at radius 2 is 1.79 bits per heavy atom. The van der Waals surface area contributed by atoms with E-state index in [2.05, 4.69) is 41.8 Å². The molecule has 0 radical (unpaired) electrons. The maximum absolute atomic E-state index is 12.3. The summed E-state index contributed by atoms with van der Waals surface area (Å²) < 4.78 is 0.939. The second-order valence-electron chi connectivity index (χ2n) is 6.61. The van der Waals surface area contributed by atoms with Crippen molar-refractivity contribution in [1.82, 2.24) is 10.3 Å². The molecule has 1 aromatic carbocycles. The van der Waals surface area contributed by atoms with Gasteiger partial charge in [0, 0.05) is 42.4 Å². The smallest absolute Gasteiger partial charge is 0.319 e. The van der Waals surface area contributed by atoms with Crippen LogP contribution in [0.15, 0.2) is 47.1 Å². The van der Waals surface area contributed by atoms with Crippen LogP contribution in [0.2, 0.25) is 0 Å². The largest absolute Gasteiger partial charge is 0.355 e. The molecule has 7 nitrogen and oxygen atoms in total. The molecule has 1 saturated heterocycles. The third-order valence-electron chi connectivity index (χ3n) is 4.46. The monoisotopic (exact) mass is 445 g/mol. The number of amides is 3. The van der Waals surface area contributed by atoms with E-state index in [4.69, 9.17) is 0 Å². The van der Waals surface area contributed by atoms with Gasteiger partial charge in [-0.1, -0.05) is 15.9 Å². The van der Waals surface area contributed by atoms with Crippen molar-refractivity contribution in [2.24, 2.45) is 0 Å². The molecule has 0 saturated carbocycles. The van der Waals surface area contributed by atoms with Gasteiger partial charge in [0.15, 0.2) is 5.82 Å². The zero-order valence-corrected chi connectivity index (χ0v) is 17.2. The number of rotatable bonds is 6. The second-order valence-corrected chi connectivity index (χ2v) is 7.52. The predicted octanol–water partition coefficient (Wildman–Crippen LogP) is 3.98. The summed E-state index contributed by atoms with van der Waals surface area (Å²) in [4.78, 5) is 30.9. The highest BCUT2D eigenvalue weighted by molar-refractivity contribution is 9.10. The van der Waals surface area contributed by atoms with E-state index in [9.17, 15) is 9.59 Å². The van der Waals surface area contributed by atoms with Crippen LogP contribution in [0, 0.1) is 0 Å². The first-order valence-corrected chi connectivity index (χ1v) is 10.2. The van der Waals surface area contributed by atoms with Gasteiger partial charge < -0.3 is 20.9 Å². The summed E-state index contributed by atoms with van der Waals surface area (Å²) in [5, 5.41) is 8.33. The molecule has 0 unspecified atom stereocenters. The number of carbonyl (C=O) groups excluding carboxylic acids is 2. The number of urea groups is 1. The van der Waals surface area contributed by atoms with Crippen LogP contribution >= 0.6 is 15.9 Å². The van der Waals surface area contributed by atoms with Gasteiger partial charge in [-0.3, -0.25) is 4.79 Å². The van der Waals surface area contributed by atoms with Crippen molar-refractivity contribution < 1.29 is 9.59 Å². The topological polar surface area (TPSA) is 86.4 Å². The third-order valence-corrected chi connectivity index (χ3v) is 4.98. The lowest BCUT2D eigenvalue weighted by molar-refractivity contribution is -0.116. The number of nitrogens with one attached hydrogen (secondary N) is 3. The Morgan fingerprint density at radius 3 is 2.54 bits per heavy atom. The fourth-order valence-electron chi connectivity index (χ4n) is 3.06. The zero-order chi connectivity index (χ0) is 19.8. The molecule has 3 N–H and O–H groups in total. The quantitative estimate of drug-likeness (QED) is 0.627. The van der Waals surface area contributed by atoms with Crippen LogP contribution in [0.4, 0.5) is 22.0 Å². The molecule has 2 aromatic rings. The minimum Gasteiger partial charge on any atom is -0.355 e. The molecule has 1 aromatic heterocycles. The fraction of sp³-hybridized carbons (Fsp3) is 0.350. The van der Waals surface area contributed by atoms with E-state index in [-0.39, 0.29) is 24.9 Å². The molecule has 0 aliphatic carbocycles.